The van der Waals surface area contributed by atoms with Crippen LogP contribution < -0.4 is 42.4 Å². The molecule has 6 aromatic carbocycles. The monoisotopic (exact) mass is 1510 g/mol. The average molecular weight is 1510 g/mol. The Morgan fingerprint density at radius 2 is 0.881 bits per heavy atom. The van der Waals surface area contributed by atoms with E-state index < -0.39 is 20.0 Å². The molecule has 540 valence electrons. The number of rotatable bonds is 15. The molecule has 0 aliphatic heterocycles. The number of carbonyl (C=O) groups is 2. The van der Waals surface area contributed by atoms with Crippen LogP contribution in [0.4, 0.5) is 40.3 Å². The number of fused-ring (bicyclic) bond motifs is 4. The lowest BCUT2D eigenvalue weighted by Gasteiger charge is -2.10. The van der Waals surface area contributed by atoms with Gasteiger partial charge in [-0.15, -0.1) is 0 Å². The molecular weight excluding hydrogens is 1450 g/mol. The molecule has 17 aromatic rings. The van der Waals surface area contributed by atoms with Crippen LogP contribution in [0.5, 0.6) is 11.6 Å². The summed E-state index contributed by atoms with van der Waals surface area (Å²) in [6, 6.07) is 51.5. The second-order valence-corrected chi connectivity index (χ2v) is 27.0. The maximum atomic E-state index is 12.8. The summed E-state index contributed by atoms with van der Waals surface area (Å²) < 4.78 is 69.1. The zero-order valence-corrected chi connectivity index (χ0v) is 58.9. The maximum Gasteiger partial charge on any atom is 0.274 e. The number of nitrogen functional groups attached to an aromatic ring is 4. The van der Waals surface area contributed by atoms with Crippen molar-refractivity contribution < 1.29 is 31.2 Å². The van der Waals surface area contributed by atoms with Gasteiger partial charge in [0.1, 0.15) is 71.2 Å². The number of halogens is 1. The van der Waals surface area contributed by atoms with Crippen molar-refractivity contribution >= 4 is 128 Å². The SMILES string of the molecule is CC(=O)n1cnc(-c2cccc(-n3ncc4c(N)ncnc43)c2)c1.Nc1ncnc2c1cnn2-c1ccc(NC(=O)c2ccccn2)cc1.Nc1ncnc2c1cnn2-c1ccc(NS(=O)(=O)c2ccc(Cl)cc2)cc1.Nc1ncnc2c1cnn2-c1ccc(NS(=O)(=O)c2ccc(Oc3ccccc3)nc2)cc1. The van der Waals surface area contributed by atoms with Crippen LogP contribution in [0.25, 0.3) is 78.1 Å². The Morgan fingerprint density at radius 3 is 1.32 bits per heavy atom. The van der Waals surface area contributed by atoms with Crippen LogP contribution in [0.15, 0.2) is 267 Å². The number of imidazole rings is 1. The summed E-state index contributed by atoms with van der Waals surface area (Å²) in [7, 11) is -7.54. The number of amides is 1. The van der Waals surface area contributed by atoms with Crippen molar-refractivity contribution in [1.29, 1.82) is 0 Å². The first-order valence-electron chi connectivity index (χ1n) is 32.3. The molecule has 0 aliphatic rings. The van der Waals surface area contributed by atoms with Crippen molar-refractivity contribution in [3.05, 3.63) is 268 Å². The summed E-state index contributed by atoms with van der Waals surface area (Å²) in [5.74, 6) is 2.01. The highest BCUT2D eigenvalue weighted by Crippen LogP contribution is 2.29. The van der Waals surface area contributed by atoms with E-state index in [-0.39, 0.29) is 21.6 Å². The van der Waals surface area contributed by atoms with E-state index in [1.165, 1.54) is 85.7 Å². The highest BCUT2D eigenvalue weighted by molar-refractivity contribution is 7.93. The predicted octanol–water partition coefficient (Wildman–Crippen LogP) is 10.2. The van der Waals surface area contributed by atoms with Gasteiger partial charge >= 0.3 is 0 Å². The summed E-state index contributed by atoms with van der Waals surface area (Å²) in [5.41, 5.74) is 32.1. The molecule has 0 unspecified atom stereocenters. The minimum absolute atomic E-state index is 0.0113. The van der Waals surface area contributed by atoms with Crippen LogP contribution in [0, 0.1) is 0 Å². The molecule has 0 spiro atoms. The van der Waals surface area contributed by atoms with Crippen molar-refractivity contribution in [3.8, 4) is 45.6 Å². The third-order valence-corrected chi connectivity index (χ3v) is 19.0. The summed E-state index contributed by atoms with van der Waals surface area (Å²) in [6.07, 6.45) is 18.0. The topological polar surface area (TPSA) is 470 Å². The fourth-order valence-corrected chi connectivity index (χ4v) is 12.8. The fraction of sp³-hybridized carbons (Fsp3) is 0.0139. The second kappa shape index (κ2) is 30.7. The molecule has 0 fully saturated rings. The lowest BCUT2D eigenvalue weighted by Crippen LogP contribution is -2.13. The molecule has 0 saturated carbocycles. The number of nitrogens with one attached hydrogen (secondary N) is 3. The summed E-state index contributed by atoms with van der Waals surface area (Å²) in [6.45, 7) is 1.49. The zero-order valence-electron chi connectivity index (χ0n) is 56.6. The average Bonchev–Trinajstić information content (AvgIpc) is 1.69. The van der Waals surface area contributed by atoms with Gasteiger partial charge in [-0.1, -0.05) is 48.0 Å². The van der Waals surface area contributed by atoms with Crippen LogP contribution in [-0.2, 0) is 20.0 Å². The molecule has 0 saturated heterocycles. The van der Waals surface area contributed by atoms with E-state index in [1.54, 1.807) is 147 Å². The van der Waals surface area contributed by atoms with Gasteiger partial charge in [-0.3, -0.25) is 28.6 Å². The minimum Gasteiger partial charge on any atom is -0.439 e. The first-order valence-corrected chi connectivity index (χ1v) is 35.6. The van der Waals surface area contributed by atoms with Crippen LogP contribution in [0.3, 0.4) is 0 Å². The zero-order chi connectivity index (χ0) is 75.8. The molecule has 11 N–H and O–H groups in total. The van der Waals surface area contributed by atoms with Crippen molar-refractivity contribution in [2.75, 3.05) is 37.7 Å². The second-order valence-electron chi connectivity index (χ2n) is 23.2. The van der Waals surface area contributed by atoms with Gasteiger partial charge in [-0.05, 0) is 140 Å². The Kier molecular flexibility index (Phi) is 20.0. The number of pyridine rings is 2. The first-order chi connectivity index (χ1) is 52.8. The number of benzene rings is 6. The molecule has 17 rings (SSSR count). The van der Waals surface area contributed by atoms with Gasteiger partial charge in [0.2, 0.25) is 11.8 Å². The molecular formula is C72H56ClN27O7S2. The highest BCUT2D eigenvalue weighted by Gasteiger charge is 2.20. The van der Waals surface area contributed by atoms with Gasteiger partial charge in [0.15, 0.2) is 22.6 Å². The van der Waals surface area contributed by atoms with E-state index in [0.717, 1.165) is 16.9 Å². The van der Waals surface area contributed by atoms with Gasteiger partial charge in [0.05, 0.1) is 85.9 Å². The number of aromatic nitrogens is 20. The predicted molar refractivity (Wildman–Crippen MR) is 408 cm³/mol. The number of hydrogen-bond donors (Lipinski definition) is 7. The van der Waals surface area contributed by atoms with E-state index in [2.05, 4.69) is 90.0 Å². The van der Waals surface area contributed by atoms with Gasteiger partial charge in [0.25, 0.3) is 26.0 Å². The standard InChI is InChI=1S/C22H17N7O3S.C17H13ClN6O2S.C17H13N7O.C16H13N7O/c23-21-19-13-27-29(22(19)26-14-25-21)16-8-6-15(7-9-16)28-33(30,31)18-10-11-20(24-12-18)32-17-4-2-1-3-5-17;18-11-1-7-14(8-2-11)27(25,26)23-12-3-5-13(6-4-12)24-17-15(9-22-24)16(19)20-10-21-17;18-15-13-9-22-24(16(13)21-10-20-15)12-6-4-11(5-7-12)23-17(25)14-3-1-2-8-19-14;1-10(24)22-7-14(20-9-22)11-3-2-4-12(5-11)23-16-13(6-21-23)15(17)18-8-19-16/h1-14,28H,(H2,23,25,26);1-10,23H,(H2,19,20,21);1-10H,(H,23,25)(H2,18,20,21);2-9H,1H3,(H2,17,18,19). The molecule has 0 bridgehead atoms. The number of sulfonamides is 2. The number of carbonyl (C=O) groups excluding carboxylic acids is 2. The van der Waals surface area contributed by atoms with Crippen molar-refractivity contribution in [3.63, 3.8) is 0 Å². The maximum absolute atomic E-state index is 12.8. The van der Waals surface area contributed by atoms with E-state index in [4.69, 9.17) is 39.3 Å². The fourth-order valence-electron chi connectivity index (χ4n) is 10.6. The number of hydrogen-bond acceptors (Lipinski definition) is 26. The minimum atomic E-state index is -3.84. The first kappa shape index (κ1) is 71.0. The van der Waals surface area contributed by atoms with Crippen molar-refractivity contribution in [1.82, 2.24) is 98.5 Å². The van der Waals surface area contributed by atoms with E-state index in [9.17, 15) is 26.4 Å². The van der Waals surface area contributed by atoms with Gasteiger partial charge < -0.3 is 33.0 Å². The molecule has 34 nitrogen and oxygen atoms in total. The Hall–Kier alpha value is -15.0. The third kappa shape index (κ3) is 15.9. The van der Waals surface area contributed by atoms with Crippen LogP contribution in [0.1, 0.15) is 22.2 Å². The number of nitrogens with zero attached hydrogens (tertiary/aromatic N) is 20. The number of anilines is 7. The normalized spacial score (nSPS) is 11.2. The molecule has 11 heterocycles. The Balaban J connectivity index is 0.000000122. The van der Waals surface area contributed by atoms with E-state index in [1.807, 2.05) is 54.6 Å². The van der Waals surface area contributed by atoms with Gasteiger partial charge in [-0.2, -0.15) is 20.4 Å². The molecule has 11 aromatic heterocycles. The van der Waals surface area contributed by atoms with E-state index >= 15 is 0 Å². The van der Waals surface area contributed by atoms with Crippen molar-refractivity contribution in [2.24, 2.45) is 0 Å². The highest BCUT2D eigenvalue weighted by atomic mass is 35.5. The third-order valence-electron chi connectivity index (χ3n) is 16.0. The quantitative estimate of drug-likeness (QED) is 0.0501. The molecule has 37 heteroatoms. The van der Waals surface area contributed by atoms with Crippen LogP contribution in [-0.4, -0.2) is 127 Å². The van der Waals surface area contributed by atoms with Crippen molar-refractivity contribution in [2.45, 2.75) is 16.7 Å². The Morgan fingerprint density at radius 1 is 0.431 bits per heavy atom. The molecule has 0 atom stereocenters. The molecule has 0 radical (unpaired) electrons. The van der Waals surface area contributed by atoms with Crippen LogP contribution >= 0.6 is 11.6 Å². The summed E-state index contributed by atoms with van der Waals surface area (Å²) in [5, 5.41) is 23.1. The summed E-state index contributed by atoms with van der Waals surface area (Å²) >= 11 is 5.80. The Bertz CT molecular complexity index is 6400. The molecule has 109 heavy (non-hydrogen) atoms. The van der Waals surface area contributed by atoms with E-state index in [0.29, 0.717) is 124 Å². The number of nitrogens with two attached hydrogens (primary N) is 4. The summed E-state index contributed by atoms with van der Waals surface area (Å²) in [4.78, 5) is 68.7. The van der Waals surface area contributed by atoms with Gasteiger partial charge in [0, 0.05) is 53.0 Å². The number of ether oxygens (including phenoxy) is 1. The molecule has 1 amide bonds. The lowest BCUT2D eigenvalue weighted by molar-refractivity contribution is 0.0935. The number of para-hydroxylation sites is 1. The largest absolute Gasteiger partial charge is 0.439 e. The van der Waals surface area contributed by atoms with Gasteiger partial charge in [-0.25, -0.2) is 85.4 Å². The smallest absolute Gasteiger partial charge is 0.274 e. The molecule has 0 aliphatic carbocycles. The van der Waals surface area contributed by atoms with Crippen LogP contribution in [0.2, 0.25) is 5.02 Å². The Labute approximate surface area is 621 Å². The lowest BCUT2D eigenvalue weighted by atomic mass is 10.1.